The average Bonchev–Trinajstić information content (AvgIpc) is 2.52. The van der Waals surface area contributed by atoms with Crippen molar-refractivity contribution >= 4 is 5.57 Å². The molecule has 0 bridgehead atoms. The second-order valence-corrected chi connectivity index (χ2v) is 5.29. The van der Waals surface area contributed by atoms with Crippen LogP contribution in [0, 0.1) is 11.8 Å². The topological polar surface area (TPSA) is 3.24 Å². The largest absolute Gasteiger partial charge is 0.296 e. The average molecular weight is 275 g/mol. The Morgan fingerprint density at radius 2 is 1.57 bits per heavy atom. The molecule has 2 rings (SSSR count). The zero-order valence-electron chi connectivity index (χ0n) is 12.7. The molecule has 1 nitrogen and oxygen atoms in total. The number of benzene rings is 2. The van der Waals surface area contributed by atoms with Crippen molar-refractivity contribution in [3.8, 4) is 11.8 Å². The highest BCUT2D eigenvalue weighted by molar-refractivity contribution is 5.64. The third-order valence-corrected chi connectivity index (χ3v) is 3.40. The van der Waals surface area contributed by atoms with Crippen LogP contribution in [0.4, 0.5) is 0 Å². The second kappa shape index (κ2) is 7.47. The summed E-state index contributed by atoms with van der Waals surface area (Å²) >= 11 is 0. The second-order valence-electron chi connectivity index (χ2n) is 5.29. The van der Waals surface area contributed by atoms with Crippen molar-refractivity contribution in [2.45, 2.75) is 12.5 Å². The van der Waals surface area contributed by atoms with E-state index in [1.807, 2.05) is 48.5 Å². The fourth-order valence-electron chi connectivity index (χ4n) is 2.08. The van der Waals surface area contributed by atoms with E-state index in [-0.39, 0.29) is 6.04 Å². The van der Waals surface area contributed by atoms with Crippen molar-refractivity contribution in [1.29, 1.82) is 0 Å². The van der Waals surface area contributed by atoms with E-state index >= 15 is 0 Å². The molecule has 0 saturated carbocycles. The Morgan fingerprint density at radius 1 is 1.00 bits per heavy atom. The van der Waals surface area contributed by atoms with Gasteiger partial charge in [-0.3, -0.25) is 4.90 Å². The third kappa shape index (κ3) is 4.63. The lowest BCUT2D eigenvalue weighted by atomic mass is 9.99. The molecule has 0 aliphatic heterocycles. The summed E-state index contributed by atoms with van der Waals surface area (Å²) < 4.78 is 0. The van der Waals surface area contributed by atoms with Gasteiger partial charge >= 0.3 is 0 Å². The lowest BCUT2D eigenvalue weighted by Gasteiger charge is -2.20. The number of rotatable bonds is 4. The number of hydrogen-bond donors (Lipinski definition) is 0. The van der Waals surface area contributed by atoms with Crippen LogP contribution in [0.3, 0.4) is 0 Å². The minimum atomic E-state index is 0.165. The van der Waals surface area contributed by atoms with Gasteiger partial charge in [-0.2, -0.15) is 0 Å². The van der Waals surface area contributed by atoms with Gasteiger partial charge in [0.05, 0.1) is 6.04 Å². The molecule has 0 heterocycles. The van der Waals surface area contributed by atoms with E-state index < -0.39 is 0 Å². The zero-order chi connectivity index (χ0) is 15.1. The highest BCUT2D eigenvalue weighted by Crippen LogP contribution is 2.19. The molecule has 1 unspecified atom stereocenters. The van der Waals surface area contributed by atoms with Crippen LogP contribution in [0.25, 0.3) is 5.57 Å². The first kappa shape index (κ1) is 15.1. The van der Waals surface area contributed by atoms with E-state index in [9.17, 15) is 0 Å². The van der Waals surface area contributed by atoms with Crippen LogP contribution < -0.4 is 0 Å². The van der Waals surface area contributed by atoms with Crippen molar-refractivity contribution in [1.82, 2.24) is 4.90 Å². The molecule has 1 heteroatoms. The minimum absolute atomic E-state index is 0.165. The highest BCUT2D eigenvalue weighted by atomic mass is 15.1. The Kier molecular flexibility index (Phi) is 5.37. The fourth-order valence-corrected chi connectivity index (χ4v) is 2.08. The van der Waals surface area contributed by atoms with Crippen LogP contribution in [-0.4, -0.2) is 25.0 Å². The maximum absolute atomic E-state index is 4.21. The summed E-state index contributed by atoms with van der Waals surface area (Å²) in [5.74, 6) is 6.60. The molecule has 1 atom stereocenters. The van der Waals surface area contributed by atoms with Crippen LogP contribution in [0.2, 0.25) is 0 Å². The van der Waals surface area contributed by atoms with Crippen LogP contribution in [-0.2, 0) is 0 Å². The van der Waals surface area contributed by atoms with Crippen LogP contribution in [0.15, 0.2) is 67.2 Å². The molecular weight excluding hydrogens is 254 g/mol. The van der Waals surface area contributed by atoms with Gasteiger partial charge < -0.3 is 0 Å². The molecule has 0 fully saturated rings. The summed E-state index contributed by atoms with van der Waals surface area (Å²) in [6, 6.07) is 20.6. The molecule has 21 heavy (non-hydrogen) atoms. The molecule has 0 aliphatic rings. The van der Waals surface area contributed by atoms with E-state index in [4.69, 9.17) is 0 Å². The van der Waals surface area contributed by atoms with Gasteiger partial charge in [0, 0.05) is 5.56 Å². The highest BCUT2D eigenvalue weighted by Gasteiger charge is 2.10. The Labute approximate surface area is 127 Å². The van der Waals surface area contributed by atoms with E-state index in [1.54, 1.807) is 0 Å². The van der Waals surface area contributed by atoms with Gasteiger partial charge in [0.15, 0.2) is 0 Å². The maximum atomic E-state index is 4.21. The van der Waals surface area contributed by atoms with Crippen LogP contribution in [0.5, 0.6) is 0 Å². The molecule has 2 aromatic carbocycles. The molecule has 2 aromatic rings. The first-order valence-corrected chi connectivity index (χ1v) is 7.13. The van der Waals surface area contributed by atoms with Crippen molar-refractivity contribution in [2.24, 2.45) is 0 Å². The summed E-state index contributed by atoms with van der Waals surface area (Å²) in [5, 5.41) is 0. The first-order chi connectivity index (χ1) is 10.2. The van der Waals surface area contributed by atoms with Crippen LogP contribution in [0.1, 0.15) is 17.5 Å². The number of hydrogen-bond acceptors (Lipinski definition) is 1. The standard InChI is InChI=1S/C20H21N/c1-17(19-12-8-5-9-13-19)16-20(21(2)3)15-14-18-10-6-4-7-11-18/h4-13,20H,1,16H2,2-3H3. The van der Waals surface area contributed by atoms with E-state index in [0.717, 1.165) is 17.6 Å². The van der Waals surface area contributed by atoms with Gasteiger partial charge in [-0.1, -0.05) is 67.0 Å². The minimum Gasteiger partial charge on any atom is -0.296 e. The molecular formula is C20H21N. The van der Waals surface area contributed by atoms with Crippen LogP contribution >= 0.6 is 0 Å². The lowest BCUT2D eigenvalue weighted by Crippen LogP contribution is -2.26. The molecule has 0 spiro atoms. The van der Waals surface area contributed by atoms with Crippen molar-refractivity contribution in [2.75, 3.05) is 14.1 Å². The quantitative estimate of drug-likeness (QED) is 0.760. The van der Waals surface area contributed by atoms with Gasteiger partial charge in [0.1, 0.15) is 0 Å². The summed E-state index contributed by atoms with van der Waals surface area (Å²) in [7, 11) is 4.12. The smallest absolute Gasteiger partial charge is 0.0754 e. The van der Waals surface area contributed by atoms with Gasteiger partial charge in [-0.05, 0) is 43.8 Å². The maximum Gasteiger partial charge on any atom is 0.0754 e. The van der Waals surface area contributed by atoms with Gasteiger partial charge in [-0.15, -0.1) is 0 Å². The molecule has 0 amide bonds. The molecule has 0 N–H and O–H groups in total. The number of nitrogens with zero attached hydrogens (tertiary/aromatic N) is 1. The third-order valence-electron chi connectivity index (χ3n) is 3.40. The normalized spacial score (nSPS) is 11.6. The molecule has 0 aromatic heterocycles. The summed E-state index contributed by atoms with van der Waals surface area (Å²) in [5.41, 5.74) is 3.36. The monoisotopic (exact) mass is 275 g/mol. The summed E-state index contributed by atoms with van der Waals surface area (Å²) in [6.45, 7) is 4.21. The van der Waals surface area contributed by atoms with Crippen molar-refractivity contribution in [3.05, 3.63) is 78.4 Å². The first-order valence-electron chi connectivity index (χ1n) is 7.13. The molecule has 106 valence electrons. The van der Waals surface area contributed by atoms with Gasteiger partial charge in [0.25, 0.3) is 0 Å². The molecule has 0 radical (unpaired) electrons. The molecule has 0 saturated heterocycles. The summed E-state index contributed by atoms with van der Waals surface area (Å²) in [6.07, 6.45) is 0.844. The molecule has 0 aliphatic carbocycles. The Morgan fingerprint density at radius 3 is 2.14 bits per heavy atom. The van der Waals surface area contributed by atoms with E-state index in [0.29, 0.717) is 0 Å². The van der Waals surface area contributed by atoms with Gasteiger partial charge in [0.2, 0.25) is 0 Å². The summed E-state index contributed by atoms with van der Waals surface area (Å²) in [4.78, 5) is 2.14. The van der Waals surface area contributed by atoms with Crippen molar-refractivity contribution < 1.29 is 0 Å². The Bertz CT molecular complexity index is 630. The predicted molar refractivity (Wildman–Crippen MR) is 90.9 cm³/mol. The van der Waals surface area contributed by atoms with Crippen molar-refractivity contribution in [3.63, 3.8) is 0 Å². The SMILES string of the molecule is C=C(CC(C#Cc1ccccc1)N(C)C)c1ccccc1. The van der Waals surface area contributed by atoms with Gasteiger partial charge in [-0.25, -0.2) is 0 Å². The zero-order valence-corrected chi connectivity index (χ0v) is 12.7. The van der Waals surface area contributed by atoms with E-state index in [2.05, 4.69) is 49.5 Å². The fraction of sp³-hybridized carbons (Fsp3) is 0.200. The Hall–Kier alpha value is -2.30. The Balaban J connectivity index is 2.10. The van der Waals surface area contributed by atoms with E-state index in [1.165, 1.54) is 5.56 Å². The lowest BCUT2D eigenvalue weighted by molar-refractivity contribution is 0.357. The predicted octanol–water partition coefficient (Wildman–Crippen LogP) is 4.07.